The van der Waals surface area contributed by atoms with Crippen LogP contribution in [-0.2, 0) is 9.53 Å². The van der Waals surface area contributed by atoms with Crippen LogP contribution >= 0.6 is 0 Å². The lowest BCUT2D eigenvalue weighted by molar-refractivity contribution is -0.146. The standard InChI is InChI=1S/C14H27NO2/c1-11(2)17-14(16)10-15-12(3)13-8-6-4-5-7-9-13/h11-13,15H,4-10H2,1-3H3/t12-/m1/s1. The molecule has 3 nitrogen and oxygen atoms in total. The fourth-order valence-electron chi connectivity index (χ4n) is 2.53. The maximum atomic E-state index is 11.4. The van der Waals surface area contributed by atoms with E-state index in [1.54, 1.807) is 0 Å². The summed E-state index contributed by atoms with van der Waals surface area (Å²) in [5.41, 5.74) is 0. The molecule has 0 saturated heterocycles. The van der Waals surface area contributed by atoms with Crippen molar-refractivity contribution in [2.45, 2.75) is 71.4 Å². The van der Waals surface area contributed by atoms with E-state index in [9.17, 15) is 4.79 Å². The zero-order valence-electron chi connectivity index (χ0n) is 11.5. The molecule has 0 heterocycles. The van der Waals surface area contributed by atoms with Gasteiger partial charge in [0, 0.05) is 6.04 Å². The average Bonchev–Trinajstić information content (AvgIpc) is 2.53. The Bertz CT molecular complexity index is 220. The van der Waals surface area contributed by atoms with Crippen molar-refractivity contribution in [3.8, 4) is 0 Å². The van der Waals surface area contributed by atoms with Crippen LogP contribution in [0.25, 0.3) is 0 Å². The smallest absolute Gasteiger partial charge is 0.320 e. The molecule has 0 unspecified atom stereocenters. The molecule has 1 fully saturated rings. The van der Waals surface area contributed by atoms with Gasteiger partial charge in [-0.1, -0.05) is 25.7 Å². The summed E-state index contributed by atoms with van der Waals surface area (Å²) in [4.78, 5) is 11.4. The lowest BCUT2D eigenvalue weighted by atomic mass is 9.93. The Hall–Kier alpha value is -0.570. The molecule has 3 heteroatoms. The number of carbonyl (C=O) groups is 1. The van der Waals surface area contributed by atoms with E-state index >= 15 is 0 Å². The second-order valence-electron chi connectivity index (χ2n) is 5.46. The van der Waals surface area contributed by atoms with Gasteiger partial charge in [-0.25, -0.2) is 0 Å². The molecule has 1 atom stereocenters. The van der Waals surface area contributed by atoms with Crippen LogP contribution in [0.15, 0.2) is 0 Å². The molecule has 17 heavy (non-hydrogen) atoms. The second-order valence-corrected chi connectivity index (χ2v) is 5.46. The third-order valence-electron chi connectivity index (χ3n) is 3.54. The third-order valence-corrected chi connectivity index (χ3v) is 3.54. The molecule has 1 N–H and O–H groups in total. The molecule has 100 valence electrons. The van der Waals surface area contributed by atoms with Gasteiger partial charge in [-0.2, -0.15) is 0 Å². The minimum Gasteiger partial charge on any atom is -0.462 e. The number of carbonyl (C=O) groups excluding carboxylic acids is 1. The van der Waals surface area contributed by atoms with E-state index in [0.29, 0.717) is 12.6 Å². The van der Waals surface area contributed by atoms with Crippen molar-refractivity contribution in [1.82, 2.24) is 5.32 Å². The van der Waals surface area contributed by atoms with E-state index in [4.69, 9.17) is 4.74 Å². The highest BCUT2D eigenvalue weighted by atomic mass is 16.5. The molecule has 1 aliphatic rings. The molecule has 0 bridgehead atoms. The number of nitrogens with one attached hydrogen (secondary N) is 1. The molecule has 0 aliphatic heterocycles. The summed E-state index contributed by atoms with van der Waals surface area (Å²) in [7, 11) is 0. The SMILES string of the molecule is CC(C)OC(=O)CN[C@H](C)C1CCCCCC1. The van der Waals surface area contributed by atoms with Gasteiger partial charge in [-0.3, -0.25) is 4.79 Å². The van der Waals surface area contributed by atoms with Gasteiger partial charge in [0.2, 0.25) is 0 Å². The van der Waals surface area contributed by atoms with Gasteiger partial charge in [0.25, 0.3) is 0 Å². The maximum absolute atomic E-state index is 11.4. The van der Waals surface area contributed by atoms with Gasteiger partial charge < -0.3 is 10.1 Å². The maximum Gasteiger partial charge on any atom is 0.320 e. The van der Waals surface area contributed by atoms with Crippen LogP contribution in [-0.4, -0.2) is 24.7 Å². The molecule has 0 aromatic heterocycles. The predicted molar refractivity (Wildman–Crippen MR) is 69.9 cm³/mol. The largest absolute Gasteiger partial charge is 0.462 e. The van der Waals surface area contributed by atoms with E-state index in [-0.39, 0.29) is 12.1 Å². The highest BCUT2D eigenvalue weighted by Gasteiger charge is 2.19. The summed E-state index contributed by atoms with van der Waals surface area (Å²) in [5.74, 6) is 0.588. The first-order valence-corrected chi connectivity index (χ1v) is 7.02. The van der Waals surface area contributed by atoms with Gasteiger partial charge in [0.15, 0.2) is 0 Å². The minimum absolute atomic E-state index is 0.0162. The fraction of sp³-hybridized carbons (Fsp3) is 0.929. The first-order valence-electron chi connectivity index (χ1n) is 7.02. The Morgan fingerprint density at radius 1 is 1.18 bits per heavy atom. The summed E-state index contributed by atoms with van der Waals surface area (Å²) in [6.45, 7) is 6.30. The van der Waals surface area contributed by atoms with Gasteiger partial charge >= 0.3 is 5.97 Å². The zero-order valence-corrected chi connectivity index (χ0v) is 11.5. The lowest BCUT2D eigenvalue weighted by Gasteiger charge is -2.23. The minimum atomic E-state index is -0.138. The van der Waals surface area contributed by atoms with Gasteiger partial charge in [0.1, 0.15) is 0 Å². The molecule has 1 aliphatic carbocycles. The Morgan fingerprint density at radius 3 is 2.29 bits per heavy atom. The van der Waals surface area contributed by atoms with E-state index in [0.717, 1.165) is 5.92 Å². The zero-order chi connectivity index (χ0) is 12.7. The topological polar surface area (TPSA) is 38.3 Å². The Balaban J connectivity index is 2.23. The van der Waals surface area contributed by atoms with Crippen LogP contribution in [0.5, 0.6) is 0 Å². The monoisotopic (exact) mass is 241 g/mol. The first-order chi connectivity index (χ1) is 8.09. The quantitative estimate of drug-likeness (QED) is 0.594. The molecular weight excluding hydrogens is 214 g/mol. The molecular formula is C14H27NO2. The van der Waals surface area contributed by atoms with Gasteiger partial charge in [-0.05, 0) is 39.5 Å². The van der Waals surface area contributed by atoms with Crippen molar-refractivity contribution in [2.24, 2.45) is 5.92 Å². The highest BCUT2D eigenvalue weighted by molar-refractivity contribution is 5.71. The molecule has 0 aromatic carbocycles. The van der Waals surface area contributed by atoms with E-state index in [1.165, 1.54) is 38.5 Å². The summed E-state index contributed by atoms with van der Waals surface area (Å²) < 4.78 is 5.11. The van der Waals surface area contributed by atoms with E-state index in [1.807, 2.05) is 13.8 Å². The van der Waals surface area contributed by atoms with Crippen LogP contribution in [0.2, 0.25) is 0 Å². The summed E-state index contributed by atoms with van der Waals surface area (Å²) >= 11 is 0. The van der Waals surface area contributed by atoms with Crippen LogP contribution in [0, 0.1) is 5.92 Å². The average molecular weight is 241 g/mol. The molecule has 1 rings (SSSR count). The number of hydrogen-bond acceptors (Lipinski definition) is 3. The van der Waals surface area contributed by atoms with Crippen LogP contribution in [0.1, 0.15) is 59.3 Å². The number of esters is 1. The summed E-state index contributed by atoms with van der Waals surface area (Å²) in [6.07, 6.45) is 8.01. The molecule has 0 spiro atoms. The first kappa shape index (κ1) is 14.5. The second kappa shape index (κ2) is 7.70. The van der Waals surface area contributed by atoms with Crippen LogP contribution in [0.3, 0.4) is 0 Å². The predicted octanol–water partition coefficient (Wildman–Crippen LogP) is 2.89. The summed E-state index contributed by atoms with van der Waals surface area (Å²) in [6, 6.07) is 0.424. The number of ether oxygens (including phenoxy) is 1. The Kier molecular flexibility index (Phi) is 6.56. The summed E-state index contributed by atoms with van der Waals surface area (Å²) in [5, 5.41) is 3.31. The van der Waals surface area contributed by atoms with Crippen molar-refractivity contribution in [3.63, 3.8) is 0 Å². The lowest BCUT2D eigenvalue weighted by Crippen LogP contribution is -2.38. The van der Waals surface area contributed by atoms with Gasteiger partial charge in [-0.15, -0.1) is 0 Å². The van der Waals surface area contributed by atoms with Crippen LogP contribution < -0.4 is 5.32 Å². The van der Waals surface area contributed by atoms with E-state index in [2.05, 4.69) is 12.2 Å². The van der Waals surface area contributed by atoms with Crippen molar-refractivity contribution in [3.05, 3.63) is 0 Å². The van der Waals surface area contributed by atoms with Crippen LogP contribution in [0.4, 0.5) is 0 Å². The van der Waals surface area contributed by atoms with Crippen molar-refractivity contribution in [2.75, 3.05) is 6.54 Å². The normalized spacial score (nSPS) is 20.0. The number of rotatable bonds is 5. The molecule has 0 amide bonds. The molecule has 1 saturated carbocycles. The molecule has 0 radical (unpaired) electrons. The van der Waals surface area contributed by atoms with Gasteiger partial charge in [0.05, 0.1) is 12.6 Å². The van der Waals surface area contributed by atoms with E-state index < -0.39 is 0 Å². The Morgan fingerprint density at radius 2 is 1.76 bits per heavy atom. The third kappa shape index (κ3) is 6.06. The fourth-order valence-corrected chi connectivity index (χ4v) is 2.53. The van der Waals surface area contributed by atoms with Crippen molar-refractivity contribution in [1.29, 1.82) is 0 Å². The van der Waals surface area contributed by atoms with Crippen molar-refractivity contribution < 1.29 is 9.53 Å². The molecule has 0 aromatic rings. The Labute approximate surface area is 105 Å². The highest BCUT2D eigenvalue weighted by Crippen LogP contribution is 2.25. The number of hydrogen-bond donors (Lipinski definition) is 1. The van der Waals surface area contributed by atoms with Crippen molar-refractivity contribution >= 4 is 5.97 Å².